The third-order valence-corrected chi connectivity index (χ3v) is 11.0. The molecule has 0 aromatic carbocycles. The summed E-state index contributed by atoms with van der Waals surface area (Å²) < 4.78 is 5.80. The number of carbonyl (C=O) groups excluding carboxylic acids is 2. The van der Waals surface area contributed by atoms with Crippen LogP contribution in [0.4, 0.5) is 0 Å². The zero-order valence-electron chi connectivity index (χ0n) is 39.3. The fourth-order valence-corrected chi connectivity index (χ4v) is 7.21. The van der Waals surface area contributed by atoms with Crippen molar-refractivity contribution in [2.75, 3.05) is 6.61 Å². The first kappa shape index (κ1) is 57.3. The molecule has 0 radical (unpaired) electrons. The van der Waals surface area contributed by atoms with Crippen LogP contribution in [0, 0.1) is 0 Å². The lowest BCUT2D eigenvalue weighted by Gasteiger charge is -2.23. The lowest BCUT2D eigenvalue weighted by atomic mass is 10.0. The fourth-order valence-electron chi connectivity index (χ4n) is 7.21. The van der Waals surface area contributed by atoms with Crippen LogP contribution in [0.1, 0.15) is 233 Å². The number of aliphatic hydroxyl groups excluding tert-OH is 2. The molecule has 0 saturated carbocycles. The van der Waals surface area contributed by atoms with Crippen LogP contribution in [0.5, 0.6) is 0 Å². The maximum Gasteiger partial charge on any atom is 0.306 e. The summed E-state index contributed by atoms with van der Waals surface area (Å²) in [6.07, 6.45) is 59.9. The molecule has 3 atom stereocenters. The molecule has 0 heterocycles. The van der Waals surface area contributed by atoms with Gasteiger partial charge in [-0.2, -0.15) is 0 Å². The van der Waals surface area contributed by atoms with Gasteiger partial charge in [-0.05, 0) is 76.7 Å². The summed E-state index contributed by atoms with van der Waals surface area (Å²) in [5, 5.41) is 23.7. The number of esters is 1. The summed E-state index contributed by atoms with van der Waals surface area (Å²) in [5.74, 6) is -0.642. The molecule has 0 aliphatic rings. The van der Waals surface area contributed by atoms with Gasteiger partial charge in [-0.3, -0.25) is 9.59 Å². The molecule has 0 aliphatic heterocycles. The minimum atomic E-state index is -0.818. The van der Waals surface area contributed by atoms with Gasteiger partial charge >= 0.3 is 5.97 Å². The van der Waals surface area contributed by atoms with Gasteiger partial charge in [-0.15, -0.1) is 0 Å². The number of carbonyl (C=O) groups is 2. The molecule has 0 aliphatic carbocycles. The summed E-state index contributed by atoms with van der Waals surface area (Å²) in [6.45, 7) is 6.32. The number of allylic oxidation sites excluding steroid dienone is 11. The summed E-state index contributed by atoms with van der Waals surface area (Å²) >= 11 is 0. The van der Waals surface area contributed by atoms with Crippen molar-refractivity contribution >= 4 is 11.9 Å². The van der Waals surface area contributed by atoms with Crippen LogP contribution in [0.25, 0.3) is 0 Å². The number of hydrogen-bond donors (Lipinski definition) is 3. The van der Waals surface area contributed by atoms with Gasteiger partial charge in [0.1, 0.15) is 6.10 Å². The van der Waals surface area contributed by atoms with Gasteiger partial charge in [0.05, 0.1) is 25.2 Å². The van der Waals surface area contributed by atoms with Crippen LogP contribution < -0.4 is 5.32 Å². The number of amides is 1. The quantitative estimate of drug-likeness (QED) is 0.0323. The van der Waals surface area contributed by atoms with Crippen LogP contribution in [0.2, 0.25) is 0 Å². The molecule has 0 spiro atoms. The zero-order chi connectivity index (χ0) is 43.8. The Balaban J connectivity index is 4.67. The Morgan fingerprint density at radius 3 is 1.42 bits per heavy atom. The Morgan fingerprint density at radius 2 is 0.933 bits per heavy atom. The van der Waals surface area contributed by atoms with Gasteiger partial charge in [0.25, 0.3) is 0 Å². The minimum Gasteiger partial charge on any atom is -0.458 e. The van der Waals surface area contributed by atoms with E-state index in [1.807, 2.05) is 12.2 Å². The van der Waals surface area contributed by atoms with E-state index in [2.05, 4.69) is 86.8 Å². The summed E-state index contributed by atoms with van der Waals surface area (Å²) in [5.41, 5.74) is 0. The predicted molar refractivity (Wildman–Crippen MR) is 259 cm³/mol. The van der Waals surface area contributed by atoms with Crippen molar-refractivity contribution < 1.29 is 24.5 Å². The minimum absolute atomic E-state index is 0.0440. The Hall–Kier alpha value is -2.70. The van der Waals surface area contributed by atoms with E-state index in [0.29, 0.717) is 19.3 Å². The van der Waals surface area contributed by atoms with E-state index < -0.39 is 18.2 Å². The van der Waals surface area contributed by atoms with E-state index in [-0.39, 0.29) is 24.9 Å². The first-order chi connectivity index (χ1) is 29.5. The number of nitrogens with one attached hydrogen (secondary N) is 1. The van der Waals surface area contributed by atoms with Crippen molar-refractivity contribution in [3.63, 3.8) is 0 Å². The van der Waals surface area contributed by atoms with E-state index in [1.54, 1.807) is 0 Å². The first-order valence-electron chi connectivity index (χ1n) is 25.2. The average molecular weight is 838 g/mol. The fraction of sp³-hybridized carbons (Fsp3) is 0.741. The zero-order valence-corrected chi connectivity index (χ0v) is 39.3. The van der Waals surface area contributed by atoms with E-state index in [9.17, 15) is 19.8 Å². The van der Waals surface area contributed by atoms with Crippen molar-refractivity contribution in [1.29, 1.82) is 0 Å². The van der Waals surface area contributed by atoms with Crippen LogP contribution in [0.3, 0.4) is 0 Å². The highest BCUT2D eigenvalue weighted by atomic mass is 16.5. The molecular weight excluding hydrogens is 743 g/mol. The molecule has 0 aromatic rings. The van der Waals surface area contributed by atoms with E-state index >= 15 is 0 Å². The highest BCUT2D eigenvalue weighted by molar-refractivity contribution is 5.78. The monoisotopic (exact) mass is 838 g/mol. The lowest BCUT2D eigenvalue weighted by Crippen LogP contribution is -2.46. The predicted octanol–water partition coefficient (Wildman–Crippen LogP) is 15.0. The van der Waals surface area contributed by atoms with Crippen molar-refractivity contribution in [3.8, 4) is 0 Å². The molecule has 60 heavy (non-hydrogen) atoms. The summed E-state index contributed by atoms with van der Waals surface area (Å²) in [7, 11) is 0. The number of hydrogen-bond acceptors (Lipinski definition) is 5. The van der Waals surface area contributed by atoms with Crippen molar-refractivity contribution in [1.82, 2.24) is 5.32 Å². The third-order valence-electron chi connectivity index (χ3n) is 11.0. The molecule has 0 bridgehead atoms. The number of unbranched alkanes of at least 4 members (excludes halogenated alkanes) is 22. The van der Waals surface area contributed by atoms with Gasteiger partial charge < -0.3 is 20.3 Å². The second-order valence-corrected chi connectivity index (χ2v) is 16.8. The van der Waals surface area contributed by atoms with E-state index in [0.717, 1.165) is 77.0 Å². The van der Waals surface area contributed by atoms with Crippen LogP contribution in [-0.4, -0.2) is 46.9 Å². The van der Waals surface area contributed by atoms with Crippen molar-refractivity contribution in [2.45, 2.75) is 251 Å². The second kappa shape index (κ2) is 47.4. The largest absolute Gasteiger partial charge is 0.458 e. The van der Waals surface area contributed by atoms with E-state index in [4.69, 9.17) is 4.74 Å². The van der Waals surface area contributed by atoms with Crippen LogP contribution in [-0.2, 0) is 14.3 Å². The summed E-state index contributed by atoms with van der Waals surface area (Å²) in [4.78, 5) is 26.0. The topological polar surface area (TPSA) is 95.9 Å². The van der Waals surface area contributed by atoms with Crippen LogP contribution >= 0.6 is 0 Å². The molecule has 6 heteroatoms. The Kier molecular flexibility index (Phi) is 45.2. The average Bonchev–Trinajstić information content (AvgIpc) is 3.24. The van der Waals surface area contributed by atoms with Gasteiger partial charge in [-0.25, -0.2) is 0 Å². The van der Waals surface area contributed by atoms with Gasteiger partial charge in [-0.1, -0.05) is 216 Å². The molecular formula is C54H95NO5. The molecule has 0 aromatic heterocycles. The molecule has 0 rings (SSSR count). The molecule has 3 N–H and O–H groups in total. The maximum atomic E-state index is 13.1. The van der Waals surface area contributed by atoms with Crippen molar-refractivity contribution in [2.24, 2.45) is 0 Å². The first-order valence-corrected chi connectivity index (χ1v) is 25.2. The lowest BCUT2D eigenvalue weighted by molar-refractivity contribution is -0.148. The molecule has 0 saturated heterocycles. The molecule has 0 fully saturated rings. The normalized spacial score (nSPS) is 13.9. The second-order valence-electron chi connectivity index (χ2n) is 16.8. The highest BCUT2D eigenvalue weighted by Gasteiger charge is 2.23. The smallest absolute Gasteiger partial charge is 0.306 e. The summed E-state index contributed by atoms with van der Waals surface area (Å²) in [6, 6.07) is -0.741. The van der Waals surface area contributed by atoms with E-state index in [1.165, 1.54) is 109 Å². The molecule has 1 amide bonds. The Bertz CT molecular complexity index is 1120. The van der Waals surface area contributed by atoms with Crippen LogP contribution in [0.15, 0.2) is 72.9 Å². The standard InChI is InChI=1S/C54H95NO5/c1-4-7-10-13-16-19-22-24-26-27-29-32-35-38-41-44-47-54(59)60-50(45-42-39-36-33-30-21-18-15-12-9-6-3)48-53(58)55-51(49-56)52(57)46-43-40-37-34-31-28-25-23-20-17-14-11-8-5-2/h7,10,16,19,24,26,29,32-33,36,42,45,50-52,56-57H,4-6,8-9,11-15,17-18,20-23,25,27-28,30-31,34-35,37-41,43-44,46-49H2,1-3H3,(H,55,58)/b10-7+,19-16+,26-24+,32-29+,36-33-,45-42+. The third kappa shape index (κ3) is 42.0. The number of ether oxygens (including phenoxy) is 1. The Labute approximate surface area is 371 Å². The van der Waals surface area contributed by atoms with Gasteiger partial charge in [0.15, 0.2) is 0 Å². The molecule has 3 unspecified atom stereocenters. The maximum absolute atomic E-state index is 13.1. The SMILES string of the molecule is CC/C=C/C/C=C/C/C=C/C/C=C/CCCCCC(=O)OC(/C=C/C/C=C\CCCCCCCC)CC(=O)NC(CO)C(O)CCCCCCCCCCCCCCCC. The number of aliphatic hydroxyl groups is 2. The molecule has 346 valence electrons. The van der Waals surface area contributed by atoms with Gasteiger partial charge in [0.2, 0.25) is 5.91 Å². The molecule has 6 nitrogen and oxygen atoms in total. The number of rotatable bonds is 44. The van der Waals surface area contributed by atoms with Gasteiger partial charge in [0, 0.05) is 6.42 Å². The Morgan fingerprint density at radius 1 is 0.517 bits per heavy atom. The van der Waals surface area contributed by atoms with Crippen molar-refractivity contribution in [3.05, 3.63) is 72.9 Å². The highest BCUT2D eigenvalue weighted by Crippen LogP contribution is 2.16.